The highest BCUT2D eigenvalue weighted by Gasteiger charge is 2.21. The molecule has 1 atom stereocenters. The van der Waals surface area contributed by atoms with Crippen LogP contribution in [-0.2, 0) is 4.74 Å². The smallest absolute Gasteiger partial charge is 0.180 e. The predicted molar refractivity (Wildman–Crippen MR) is 78.7 cm³/mol. The van der Waals surface area contributed by atoms with Crippen LogP contribution in [0.25, 0.3) is 0 Å². The number of nitrogens with zero attached hydrogens (tertiary/aromatic N) is 1. The van der Waals surface area contributed by atoms with Crippen LogP contribution in [0.5, 0.6) is 5.75 Å². The topological polar surface area (TPSA) is 38.8 Å². The van der Waals surface area contributed by atoms with E-state index in [4.69, 9.17) is 9.47 Å². The zero-order valence-corrected chi connectivity index (χ0v) is 12.7. The van der Waals surface area contributed by atoms with E-state index in [1.54, 1.807) is 7.11 Å². The maximum Gasteiger partial charge on any atom is 0.180 e. The summed E-state index contributed by atoms with van der Waals surface area (Å²) in [4.78, 5) is 14.6. The lowest BCUT2D eigenvalue weighted by Gasteiger charge is -2.30. The van der Waals surface area contributed by atoms with E-state index in [1.165, 1.54) is 0 Å². The fourth-order valence-electron chi connectivity index (χ4n) is 2.50. The molecule has 1 aromatic carbocycles. The summed E-state index contributed by atoms with van der Waals surface area (Å²) in [5.41, 5.74) is 2.93. The van der Waals surface area contributed by atoms with Crippen LogP contribution >= 0.6 is 0 Å². The number of carbonyl (C=O) groups excluding carboxylic acids is 1. The third kappa shape index (κ3) is 3.38. The molecule has 1 heterocycles. The number of rotatable bonds is 4. The van der Waals surface area contributed by atoms with E-state index in [2.05, 4.69) is 4.90 Å². The van der Waals surface area contributed by atoms with Crippen molar-refractivity contribution in [1.82, 2.24) is 4.90 Å². The molecule has 1 aromatic rings. The number of morpholine rings is 1. The molecule has 1 fully saturated rings. The fourth-order valence-corrected chi connectivity index (χ4v) is 2.50. The van der Waals surface area contributed by atoms with E-state index >= 15 is 0 Å². The van der Waals surface area contributed by atoms with Crippen molar-refractivity contribution in [1.29, 1.82) is 0 Å². The minimum atomic E-state index is 0.110. The molecule has 0 saturated carbocycles. The van der Waals surface area contributed by atoms with Crippen molar-refractivity contribution < 1.29 is 14.3 Å². The maximum atomic E-state index is 12.5. The summed E-state index contributed by atoms with van der Waals surface area (Å²) in [6, 6.07) is 3.87. The number of aryl methyl sites for hydroxylation is 2. The van der Waals surface area contributed by atoms with Crippen LogP contribution in [0.1, 0.15) is 28.4 Å². The second kappa shape index (κ2) is 6.37. The quantitative estimate of drug-likeness (QED) is 0.791. The van der Waals surface area contributed by atoms with E-state index < -0.39 is 0 Å². The van der Waals surface area contributed by atoms with Crippen LogP contribution in [0.4, 0.5) is 0 Å². The first kappa shape index (κ1) is 15.0. The molecule has 0 N–H and O–H groups in total. The molecule has 0 bridgehead atoms. The largest absolute Gasteiger partial charge is 0.496 e. The van der Waals surface area contributed by atoms with Crippen molar-refractivity contribution in [2.45, 2.75) is 26.9 Å². The van der Waals surface area contributed by atoms with Gasteiger partial charge in [0.25, 0.3) is 0 Å². The molecule has 1 aliphatic heterocycles. The summed E-state index contributed by atoms with van der Waals surface area (Å²) in [5, 5.41) is 0. The van der Waals surface area contributed by atoms with Gasteiger partial charge in [-0.1, -0.05) is 0 Å². The zero-order chi connectivity index (χ0) is 14.7. The fraction of sp³-hybridized carbons (Fsp3) is 0.562. The summed E-state index contributed by atoms with van der Waals surface area (Å²) in [7, 11) is 1.61. The van der Waals surface area contributed by atoms with Gasteiger partial charge in [-0.05, 0) is 44.0 Å². The summed E-state index contributed by atoms with van der Waals surface area (Å²) >= 11 is 0. The van der Waals surface area contributed by atoms with Gasteiger partial charge in [-0.2, -0.15) is 0 Å². The Morgan fingerprint density at radius 1 is 1.40 bits per heavy atom. The normalized spacial score (nSPS) is 19.9. The second-order valence-corrected chi connectivity index (χ2v) is 5.48. The molecule has 4 nitrogen and oxygen atoms in total. The number of ether oxygens (including phenoxy) is 2. The molecular formula is C16H23NO3. The van der Waals surface area contributed by atoms with Crippen LogP contribution in [0, 0.1) is 13.8 Å². The Morgan fingerprint density at radius 3 is 2.75 bits per heavy atom. The molecule has 1 unspecified atom stereocenters. The number of Topliss-reactive ketones (excluding diaryl/α,β-unsaturated/α-hetero) is 1. The molecule has 0 amide bonds. The molecule has 1 aliphatic rings. The van der Waals surface area contributed by atoms with Gasteiger partial charge in [0, 0.05) is 13.1 Å². The number of hydrogen-bond donors (Lipinski definition) is 0. The van der Waals surface area contributed by atoms with Crippen molar-refractivity contribution in [3.8, 4) is 5.75 Å². The minimum absolute atomic E-state index is 0.110. The molecule has 110 valence electrons. The van der Waals surface area contributed by atoms with Crippen LogP contribution in [-0.4, -0.2) is 50.1 Å². The van der Waals surface area contributed by atoms with Gasteiger partial charge in [0.05, 0.1) is 31.9 Å². The number of benzene rings is 1. The third-order valence-electron chi connectivity index (χ3n) is 3.81. The van der Waals surface area contributed by atoms with Gasteiger partial charge in [-0.15, -0.1) is 0 Å². The zero-order valence-electron chi connectivity index (χ0n) is 12.7. The molecule has 2 rings (SSSR count). The maximum absolute atomic E-state index is 12.5. The lowest BCUT2D eigenvalue weighted by Crippen LogP contribution is -2.43. The Hall–Kier alpha value is -1.39. The molecule has 0 aromatic heterocycles. The lowest BCUT2D eigenvalue weighted by molar-refractivity contribution is -0.0158. The van der Waals surface area contributed by atoms with Crippen LogP contribution in [0.3, 0.4) is 0 Å². The number of hydrogen-bond acceptors (Lipinski definition) is 4. The van der Waals surface area contributed by atoms with E-state index in [1.807, 2.05) is 32.9 Å². The first-order valence-corrected chi connectivity index (χ1v) is 7.03. The Balaban J connectivity index is 2.14. The van der Waals surface area contributed by atoms with Crippen LogP contribution < -0.4 is 4.74 Å². The van der Waals surface area contributed by atoms with Gasteiger partial charge in [0.15, 0.2) is 5.78 Å². The molecule has 20 heavy (non-hydrogen) atoms. The van der Waals surface area contributed by atoms with Crippen molar-refractivity contribution in [2.24, 2.45) is 0 Å². The molecule has 0 aliphatic carbocycles. The Kier molecular flexibility index (Phi) is 4.78. The average molecular weight is 277 g/mol. The molecule has 0 radical (unpaired) electrons. The highest BCUT2D eigenvalue weighted by Crippen LogP contribution is 2.24. The van der Waals surface area contributed by atoms with Crippen LogP contribution in [0.15, 0.2) is 12.1 Å². The van der Waals surface area contributed by atoms with Gasteiger partial charge in [0.2, 0.25) is 0 Å². The Bertz CT molecular complexity index is 499. The number of ketones is 1. The van der Waals surface area contributed by atoms with Gasteiger partial charge in [-0.25, -0.2) is 0 Å². The van der Waals surface area contributed by atoms with E-state index in [-0.39, 0.29) is 11.9 Å². The van der Waals surface area contributed by atoms with Crippen LogP contribution in [0.2, 0.25) is 0 Å². The summed E-state index contributed by atoms with van der Waals surface area (Å²) < 4.78 is 10.8. The molecule has 1 saturated heterocycles. The first-order chi connectivity index (χ1) is 9.51. The SMILES string of the molecule is COc1cc(C)c(C)cc1C(=O)CN1CCOC(C)C1. The van der Waals surface area contributed by atoms with Gasteiger partial charge in [0.1, 0.15) is 5.75 Å². The summed E-state index contributed by atoms with van der Waals surface area (Å²) in [5.74, 6) is 0.776. The van der Waals surface area contributed by atoms with Crippen molar-refractivity contribution in [3.05, 3.63) is 28.8 Å². The van der Waals surface area contributed by atoms with Crippen molar-refractivity contribution >= 4 is 5.78 Å². The average Bonchev–Trinajstić information content (AvgIpc) is 2.41. The van der Waals surface area contributed by atoms with Gasteiger partial charge >= 0.3 is 0 Å². The minimum Gasteiger partial charge on any atom is -0.496 e. The second-order valence-electron chi connectivity index (χ2n) is 5.48. The number of methoxy groups -OCH3 is 1. The summed E-state index contributed by atoms with van der Waals surface area (Å²) in [6.07, 6.45) is 0.193. The Labute approximate surface area is 120 Å². The summed E-state index contributed by atoms with van der Waals surface area (Å²) in [6.45, 7) is 8.80. The van der Waals surface area contributed by atoms with E-state index in [0.717, 1.165) is 24.2 Å². The van der Waals surface area contributed by atoms with E-state index in [9.17, 15) is 4.79 Å². The molecule has 0 spiro atoms. The highest BCUT2D eigenvalue weighted by molar-refractivity contribution is 6.00. The Morgan fingerprint density at radius 2 is 2.10 bits per heavy atom. The van der Waals surface area contributed by atoms with Gasteiger partial charge < -0.3 is 9.47 Å². The lowest BCUT2D eigenvalue weighted by atomic mass is 10.0. The highest BCUT2D eigenvalue weighted by atomic mass is 16.5. The monoisotopic (exact) mass is 277 g/mol. The standard InChI is InChI=1S/C16H23NO3/c1-11-7-14(16(19-4)8-12(11)2)15(18)10-17-5-6-20-13(3)9-17/h7-8,13H,5-6,9-10H2,1-4H3. The molecular weight excluding hydrogens is 254 g/mol. The third-order valence-corrected chi connectivity index (χ3v) is 3.81. The van der Waals surface area contributed by atoms with Gasteiger partial charge in [-0.3, -0.25) is 9.69 Å². The first-order valence-electron chi connectivity index (χ1n) is 7.03. The predicted octanol–water partition coefficient (Wildman–Crippen LogP) is 2.22. The molecule has 4 heteroatoms. The van der Waals surface area contributed by atoms with E-state index in [0.29, 0.717) is 24.5 Å². The van der Waals surface area contributed by atoms with Crippen molar-refractivity contribution in [2.75, 3.05) is 33.4 Å². The number of carbonyl (C=O) groups is 1. The van der Waals surface area contributed by atoms with Crippen molar-refractivity contribution in [3.63, 3.8) is 0 Å².